The Hall–Kier alpha value is -0.0800. The van der Waals surface area contributed by atoms with Crippen molar-refractivity contribution >= 4 is 0 Å². The van der Waals surface area contributed by atoms with E-state index in [-0.39, 0.29) is 0 Å². The number of hydrogen-bond donors (Lipinski definition) is 2. The van der Waals surface area contributed by atoms with E-state index in [9.17, 15) is 0 Å². The molecule has 0 aromatic heterocycles. The Kier molecular flexibility index (Phi) is 1.46. The van der Waals surface area contributed by atoms with Gasteiger partial charge in [-0.1, -0.05) is 0 Å². The summed E-state index contributed by atoms with van der Waals surface area (Å²) in [6.07, 6.45) is 5.63. The van der Waals surface area contributed by atoms with Gasteiger partial charge in [0, 0.05) is 19.1 Å². The van der Waals surface area contributed by atoms with Gasteiger partial charge in [0.05, 0.1) is 0 Å². The number of nitrogens with two attached hydrogens (primary N) is 1. The first kappa shape index (κ1) is 6.62. The molecular formula is C8H16N2. The Morgan fingerprint density at radius 3 is 2.60 bits per heavy atom. The molecule has 1 aliphatic heterocycles. The van der Waals surface area contributed by atoms with Crippen molar-refractivity contribution in [2.75, 3.05) is 13.1 Å². The van der Waals surface area contributed by atoms with Gasteiger partial charge in [-0.15, -0.1) is 0 Å². The van der Waals surface area contributed by atoms with Gasteiger partial charge < -0.3 is 11.1 Å². The second-order valence-corrected chi connectivity index (χ2v) is 3.85. The standard InChI is InChI=1S/C8H16N2/c9-5-7-1-2-8(3-4-8)6-10-7/h7,10H,1-6,9H2. The van der Waals surface area contributed by atoms with E-state index in [1.807, 2.05) is 0 Å². The van der Waals surface area contributed by atoms with Gasteiger partial charge in [0.15, 0.2) is 0 Å². The van der Waals surface area contributed by atoms with Gasteiger partial charge in [-0.05, 0) is 31.1 Å². The average Bonchev–Trinajstić information content (AvgIpc) is 2.72. The summed E-state index contributed by atoms with van der Waals surface area (Å²) in [5.41, 5.74) is 6.29. The summed E-state index contributed by atoms with van der Waals surface area (Å²) in [5.74, 6) is 0. The van der Waals surface area contributed by atoms with Crippen molar-refractivity contribution in [1.82, 2.24) is 5.32 Å². The summed E-state index contributed by atoms with van der Waals surface area (Å²) < 4.78 is 0. The number of nitrogens with one attached hydrogen (secondary N) is 1. The predicted molar refractivity (Wildman–Crippen MR) is 41.7 cm³/mol. The Morgan fingerprint density at radius 2 is 2.20 bits per heavy atom. The molecule has 1 atom stereocenters. The van der Waals surface area contributed by atoms with Gasteiger partial charge in [-0.25, -0.2) is 0 Å². The molecule has 2 nitrogen and oxygen atoms in total. The highest BCUT2D eigenvalue weighted by atomic mass is 15.0. The van der Waals surface area contributed by atoms with Crippen LogP contribution in [0.15, 0.2) is 0 Å². The van der Waals surface area contributed by atoms with Gasteiger partial charge in [0.2, 0.25) is 0 Å². The second kappa shape index (κ2) is 2.21. The van der Waals surface area contributed by atoms with Crippen molar-refractivity contribution in [3.8, 4) is 0 Å². The first-order chi connectivity index (χ1) is 4.85. The molecule has 2 fully saturated rings. The van der Waals surface area contributed by atoms with E-state index >= 15 is 0 Å². The third-order valence-corrected chi connectivity index (χ3v) is 3.03. The predicted octanol–water partition coefficient (Wildman–Crippen LogP) is 0.477. The zero-order chi connectivity index (χ0) is 7.03. The van der Waals surface area contributed by atoms with Crippen molar-refractivity contribution in [1.29, 1.82) is 0 Å². The fourth-order valence-electron chi connectivity index (χ4n) is 1.84. The highest BCUT2D eigenvalue weighted by Gasteiger charge is 2.44. The summed E-state index contributed by atoms with van der Waals surface area (Å²) >= 11 is 0. The molecule has 1 unspecified atom stereocenters. The van der Waals surface area contributed by atoms with Crippen LogP contribution in [-0.2, 0) is 0 Å². The fraction of sp³-hybridized carbons (Fsp3) is 1.00. The number of hydrogen-bond acceptors (Lipinski definition) is 2. The molecule has 58 valence electrons. The van der Waals surface area contributed by atoms with Crippen LogP contribution in [0.2, 0.25) is 0 Å². The Bertz CT molecular complexity index is 119. The zero-order valence-electron chi connectivity index (χ0n) is 6.40. The maximum atomic E-state index is 5.55. The third-order valence-electron chi connectivity index (χ3n) is 3.03. The Balaban J connectivity index is 1.84. The SMILES string of the molecule is NCC1CCC2(CC2)CN1. The maximum Gasteiger partial charge on any atom is 0.0190 e. The van der Waals surface area contributed by atoms with Crippen LogP contribution in [0.4, 0.5) is 0 Å². The molecule has 10 heavy (non-hydrogen) atoms. The Morgan fingerprint density at radius 1 is 1.40 bits per heavy atom. The van der Waals surface area contributed by atoms with Crippen LogP contribution in [0.3, 0.4) is 0 Å². The van der Waals surface area contributed by atoms with E-state index in [0.717, 1.165) is 12.0 Å². The number of rotatable bonds is 1. The lowest BCUT2D eigenvalue weighted by Gasteiger charge is -2.28. The van der Waals surface area contributed by atoms with Crippen molar-refractivity contribution < 1.29 is 0 Å². The smallest absolute Gasteiger partial charge is 0.0190 e. The molecule has 2 aliphatic rings. The van der Waals surface area contributed by atoms with Gasteiger partial charge in [-0.2, -0.15) is 0 Å². The van der Waals surface area contributed by atoms with E-state index < -0.39 is 0 Å². The lowest BCUT2D eigenvalue weighted by molar-refractivity contribution is 0.296. The molecular weight excluding hydrogens is 124 g/mol. The molecule has 1 saturated carbocycles. The molecule has 1 aliphatic carbocycles. The monoisotopic (exact) mass is 140 g/mol. The highest BCUT2D eigenvalue weighted by Crippen LogP contribution is 2.50. The van der Waals surface area contributed by atoms with Gasteiger partial charge >= 0.3 is 0 Å². The van der Waals surface area contributed by atoms with E-state index in [0.29, 0.717) is 6.04 Å². The third kappa shape index (κ3) is 1.06. The zero-order valence-corrected chi connectivity index (χ0v) is 6.40. The topological polar surface area (TPSA) is 38.0 Å². The van der Waals surface area contributed by atoms with Crippen LogP contribution in [0.1, 0.15) is 25.7 Å². The fourth-order valence-corrected chi connectivity index (χ4v) is 1.84. The normalized spacial score (nSPS) is 36.3. The molecule has 2 rings (SSSR count). The summed E-state index contributed by atoms with van der Waals surface area (Å²) in [5, 5.41) is 3.50. The lowest BCUT2D eigenvalue weighted by atomic mass is 9.92. The number of piperidine rings is 1. The van der Waals surface area contributed by atoms with Crippen LogP contribution < -0.4 is 11.1 Å². The van der Waals surface area contributed by atoms with Crippen molar-refractivity contribution in [2.45, 2.75) is 31.7 Å². The van der Waals surface area contributed by atoms with Crippen LogP contribution in [0.25, 0.3) is 0 Å². The van der Waals surface area contributed by atoms with Gasteiger partial charge in [-0.3, -0.25) is 0 Å². The Labute approximate surface area is 62.2 Å². The lowest BCUT2D eigenvalue weighted by Crippen LogP contribution is -2.44. The minimum absolute atomic E-state index is 0.617. The molecule has 1 heterocycles. The summed E-state index contributed by atoms with van der Waals surface area (Å²) in [6, 6.07) is 0.617. The highest BCUT2D eigenvalue weighted by molar-refractivity contribution is 4.99. The van der Waals surface area contributed by atoms with E-state index in [1.54, 1.807) is 0 Å². The molecule has 0 aromatic carbocycles. The van der Waals surface area contributed by atoms with E-state index in [1.165, 1.54) is 32.2 Å². The summed E-state index contributed by atoms with van der Waals surface area (Å²) in [6.45, 7) is 2.05. The van der Waals surface area contributed by atoms with E-state index in [4.69, 9.17) is 5.73 Å². The molecule has 1 saturated heterocycles. The average molecular weight is 140 g/mol. The molecule has 3 N–H and O–H groups in total. The van der Waals surface area contributed by atoms with Crippen molar-refractivity contribution in [3.05, 3.63) is 0 Å². The molecule has 1 spiro atoms. The van der Waals surface area contributed by atoms with E-state index in [2.05, 4.69) is 5.32 Å². The minimum Gasteiger partial charge on any atom is -0.329 e. The minimum atomic E-state index is 0.617. The largest absolute Gasteiger partial charge is 0.329 e. The molecule has 0 radical (unpaired) electrons. The van der Waals surface area contributed by atoms with Crippen LogP contribution >= 0.6 is 0 Å². The van der Waals surface area contributed by atoms with Crippen LogP contribution in [0.5, 0.6) is 0 Å². The molecule has 0 bridgehead atoms. The summed E-state index contributed by atoms with van der Waals surface area (Å²) in [7, 11) is 0. The maximum absolute atomic E-state index is 5.55. The van der Waals surface area contributed by atoms with Crippen molar-refractivity contribution in [3.63, 3.8) is 0 Å². The first-order valence-corrected chi connectivity index (χ1v) is 4.28. The van der Waals surface area contributed by atoms with Crippen LogP contribution in [0, 0.1) is 5.41 Å². The molecule has 0 amide bonds. The molecule has 2 heteroatoms. The quantitative estimate of drug-likeness (QED) is 0.556. The second-order valence-electron chi connectivity index (χ2n) is 3.85. The van der Waals surface area contributed by atoms with Gasteiger partial charge in [0.25, 0.3) is 0 Å². The molecule has 0 aromatic rings. The van der Waals surface area contributed by atoms with Crippen molar-refractivity contribution in [2.24, 2.45) is 11.1 Å². The first-order valence-electron chi connectivity index (χ1n) is 4.28. The summed E-state index contributed by atoms with van der Waals surface area (Å²) in [4.78, 5) is 0. The van der Waals surface area contributed by atoms with Gasteiger partial charge in [0.1, 0.15) is 0 Å². The van der Waals surface area contributed by atoms with Crippen LogP contribution in [-0.4, -0.2) is 19.1 Å².